The molecule has 0 atom stereocenters. The van der Waals surface area contributed by atoms with E-state index in [0.29, 0.717) is 0 Å². The summed E-state index contributed by atoms with van der Waals surface area (Å²) in [6.45, 7) is 0. The number of nitrogens with zero attached hydrogens (tertiary/aromatic N) is 6. The summed E-state index contributed by atoms with van der Waals surface area (Å²) in [5.41, 5.74) is 15.1. The van der Waals surface area contributed by atoms with Crippen molar-refractivity contribution in [3.63, 3.8) is 0 Å². The highest BCUT2D eigenvalue weighted by molar-refractivity contribution is 6.10. The fraction of sp³-hybridized carbons (Fsp3) is 0. The maximum Gasteiger partial charge on any atom is 0.0815 e. The SMILES string of the molecule is C1=Cc2cc3[nH]c(c(-c4ccncc4)c4nc(cc5ccc(cc1n2)[nH]5)C=C4c1ccncc1)c(-c1ccncc1)c3-c1ccncc1. The molecule has 9 rings (SSSR count). The summed E-state index contributed by atoms with van der Waals surface area (Å²) in [6, 6.07) is 26.7. The second-order valence-electron chi connectivity index (χ2n) is 11.5. The minimum atomic E-state index is 0.829. The van der Waals surface area contributed by atoms with Crippen molar-refractivity contribution in [1.82, 2.24) is 39.9 Å². The smallest absolute Gasteiger partial charge is 0.0815 e. The van der Waals surface area contributed by atoms with Crippen molar-refractivity contribution in [2.24, 2.45) is 0 Å². The lowest BCUT2D eigenvalue weighted by molar-refractivity contribution is 1.28. The van der Waals surface area contributed by atoms with Crippen LogP contribution in [0.3, 0.4) is 0 Å². The predicted octanol–water partition coefficient (Wildman–Crippen LogP) is 8.66. The van der Waals surface area contributed by atoms with Crippen molar-refractivity contribution >= 4 is 45.9 Å². The topological polar surface area (TPSA) is 109 Å². The Morgan fingerprint density at radius 1 is 0.417 bits per heavy atom. The van der Waals surface area contributed by atoms with Gasteiger partial charge in [0.05, 0.1) is 28.3 Å². The summed E-state index contributed by atoms with van der Waals surface area (Å²) in [5.74, 6) is 0. The van der Waals surface area contributed by atoms with E-state index in [2.05, 4.69) is 66.3 Å². The quantitative estimate of drug-likeness (QED) is 0.204. The molecule has 48 heavy (non-hydrogen) atoms. The summed E-state index contributed by atoms with van der Waals surface area (Å²) in [6.07, 6.45) is 20.8. The van der Waals surface area contributed by atoms with Crippen molar-refractivity contribution in [2.75, 3.05) is 0 Å². The van der Waals surface area contributed by atoms with Crippen LogP contribution in [0.2, 0.25) is 0 Å². The van der Waals surface area contributed by atoms with Gasteiger partial charge in [-0.25, -0.2) is 9.97 Å². The zero-order valence-corrected chi connectivity index (χ0v) is 25.5. The molecule has 0 fully saturated rings. The number of aromatic nitrogens is 8. The van der Waals surface area contributed by atoms with Crippen LogP contribution in [0.4, 0.5) is 0 Å². The molecule has 0 aliphatic carbocycles. The summed E-state index contributed by atoms with van der Waals surface area (Å²) < 4.78 is 0. The molecule has 9 heterocycles. The van der Waals surface area contributed by atoms with Crippen molar-refractivity contribution in [1.29, 1.82) is 0 Å². The Kier molecular flexibility index (Phi) is 6.61. The second-order valence-corrected chi connectivity index (χ2v) is 11.5. The first-order chi connectivity index (χ1) is 23.8. The van der Waals surface area contributed by atoms with Gasteiger partial charge in [-0.05, 0) is 119 Å². The van der Waals surface area contributed by atoms with E-state index in [-0.39, 0.29) is 0 Å². The third-order valence-electron chi connectivity index (χ3n) is 8.52. The van der Waals surface area contributed by atoms with Crippen molar-refractivity contribution < 1.29 is 0 Å². The van der Waals surface area contributed by atoms with Crippen molar-refractivity contribution in [2.45, 2.75) is 0 Å². The minimum absolute atomic E-state index is 0.829. The summed E-state index contributed by atoms with van der Waals surface area (Å²) in [7, 11) is 0. The Balaban J connectivity index is 1.54. The molecular formula is C40H26N8. The molecule has 0 amide bonds. The second kappa shape index (κ2) is 11.5. The van der Waals surface area contributed by atoms with E-state index in [1.807, 2.05) is 110 Å². The van der Waals surface area contributed by atoms with Crippen LogP contribution in [0.25, 0.3) is 79.2 Å². The van der Waals surface area contributed by atoms with E-state index in [1.54, 1.807) is 0 Å². The summed E-state index contributed by atoms with van der Waals surface area (Å²) >= 11 is 0. The molecule has 8 nitrogen and oxygen atoms in total. The average molecular weight is 619 g/mol. The molecule has 0 aromatic carbocycles. The molecule has 8 heteroatoms. The number of nitrogens with one attached hydrogen (secondary N) is 2. The molecule has 2 aliphatic heterocycles. The van der Waals surface area contributed by atoms with Gasteiger partial charge in [0.2, 0.25) is 0 Å². The summed E-state index contributed by atoms with van der Waals surface area (Å²) in [4.78, 5) is 35.1. The predicted molar refractivity (Wildman–Crippen MR) is 191 cm³/mol. The number of hydrogen-bond donors (Lipinski definition) is 2. The number of hydrogen-bond acceptors (Lipinski definition) is 6. The normalized spacial score (nSPS) is 12.2. The van der Waals surface area contributed by atoms with E-state index in [0.717, 1.165) is 89.4 Å². The van der Waals surface area contributed by atoms with Crippen LogP contribution >= 0.6 is 0 Å². The van der Waals surface area contributed by atoms with Gasteiger partial charge < -0.3 is 9.97 Å². The average Bonchev–Trinajstić information content (AvgIpc) is 3.94. The molecule has 0 spiro atoms. The Morgan fingerprint density at radius 2 is 0.917 bits per heavy atom. The highest BCUT2D eigenvalue weighted by Crippen LogP contribution is 2.45. The molecule has 7 aromatic heterocycles. The van der Waals surface area contributed by atoms with Crippen molar-refractivity contribution in [3.05, 3.63) is 157 Å². The fourth-order valence-corrected chi connectivity index (χ4v) is 6.43. The lowest BCUT2D eigenvalue weighted by atomic mass is 9.92. The molecule has 0 unspecified atom stereocenters. The highest BCUT2D eigenvalue weighted by atomic mass is 14.8. The van der Waals surface area contributed by atoms with Gasteiger partial charge in [-0.3, -0.25) is 19.9 Å². The third kappa shape index (κ3) is 4.98. The first-order valence-electron chi connectivity index (χ1n) is 15.6. The number of rotatable bonds is 4. The van der Waals surface area contributed by atoms with Crippen LogP contribution in [0, 0.1) is 0 Å². The standard InChI is InChI=1S/C40H26N8/c1-2-31-22-33-23-34(25-5-13-41-14-6-25)39(47-33)38(28-11-19-44-20-12-28)40-37(27-9-17-43-18-10-27)36(26-7-15-42-16-8-26)35(48-40)24-32-4-3-30(46-32)21-29(1)45-31/h1-24,45,48H. The van der Waals surface area contributed by atoms with E-state index in [9.17, 15) is 0 Å². The van der Waals surface area contributed by atoms with Crippen LogP contribution in [0.1, 0.15) is 28.3 Å². The van der Waals surface area contributed by atoms with Crippen LogP contribution in [0.5, 0.6) is 0 Å². The lowest BCUT2D eigenvalue weighted by Crippen LogP contribution is -1.93. The molecule has 0 saturated heterocycles. The maximum absolute atomic E-state index is 5.36. The zero-order valence-electron chi connectivity index (χ0n) is 25.5. The molecule has 8 bridgehead atoms. The zero-order chi connectivity index (χ0) is 31.9. The number of aromatic amines is 2. The monoisotopic (exact) mass is 618 g/mol. The van der Waals surface area contributed by atoms with E-state index < -0.39 is 0 Å². The van der Waals surface area contributed by atoms with Crippen molar-refractivity contribution in [3.8, 4) is 33.4 Å². The first-order valence-corrected chi connectivity index (χ1v) is 15.6. The highest BCUT2D eigenvalue weighted by Gasteiger charge is 2.24. The Bertz CT molecular complexity index is 2530. The molecule has 2 aliphatic rings. The van der Waals surface area contributed by atoms with E-state index in [4.69, 9.17) is 9.97 Å². The maximum atomic E-state index is 5.36. The lowest BCUT2D eigenvalue weighted by Gasteiger charge is -2.12. The van der Waals surface area contributed by atoms with Crippen LogP contribution in [-0.2, 0) is 0 Å². The third-order valence-corrected chi connectivity index (χ3v) is 8.52. The van der Waals surface area contributed by atoms with E-state index in [1.165, 1.54) is 0 Å². The number of pyridine rings is 4. The van der Waals surface area contributed by atoms with Gasteiger partial charge in [-0.1, -0.05) is 0 Å². The van der Waals surface area contributed by atoms with Crippen LogP contribution in [-0.4, -0.2) is 39.9 Å². The Labute approximate surface area is 275 Å². The van der Waals surface area contributed by atoms with Gasteiger partial charge in [0, 0.05) is 88.4 Å². The number of H-pyrrole nitrogens is 2. The van der Waals surface area contributed by atoms with Crippen LogP contribution < -0.4 is 0 Å². The first kappa shape index (κ1) is 27.5. The fourth-order valence-electron chi connectivity index (χ4n) is 6.43. The minimum Gasteiger partial charge on any atom is -0.355 e. The molecule has 0 radical (unpaired) electrons. The van der Waals surface area contributed by atoms with E-state index >= 15 is 0 Å². The summed E-state index contributed by atoms with van der Waals surface area (Å²) in [5, 5.41) is 0. The van der Waals surface area contributed by atoms with Gasteiger partial charge >= 0.3 is 0 Å². The molecular weight excluding hydrogens is 592 g/mol. The Morgan fingerprint density at radius 3 is 1.52 bits per heavy atom. The molecule has 0 saturated carbocycles. The molecule has 2 N–H and O–H groups in total. The van der Waals surface area contributed by atoms with Gasteiger partial charge in [-0.15, -0.1) is 0 Å². The Hall–Kier alpha value is -6.80. The molecule has 7 aromatic rings. The molecule has 226 valence electrons. The van der Waals surface area contributed by atoms with Gasteiger partial charge in [0.1, 0.15) is 0 Å². The van der Waals surface area contributed by atoms with Crippen LogP contribution in [0.15, 0.2) is 128 Å². The largest absolute Gasteiger partial charge is 0.355 e. The van der Waals surface area contributed by atoms with Gasteiger partial charge in [-0.2, -0.15) is 0 Å². The number of fused-ring (bicyclic) bond motifs is 8. The van der Waals surface area contributed by atoms with Gasteiger partial charge in [0.15, 0.2) is 0 Å². The van der Waals surface area contributed by atoms with Gasteiger partial charge in [0.25, 0.3) is 0 Å².